The molecule has 1 unspecified atom stereocenters. The Kier molecular flexibility index (Phi) is 4.51. The fraction of sp³-hybridized carbons (Fsp3) is 0.818. The molecule has 1 rings (SSSR count). The van der Waals surface area contributed by atoms with Crippen molar-refractivity contribution in [3.63, 3.8) is 0 Å². The van der Waals surface area contributed by atoms with Gasteiger partial charge < -0.3 is 0 Å². The minimum absolute atomic E-state index is 0.0833. The Morgan fingerprint density at radius 1 is 1.33 bits per heavy atom. The topological polar surface area (TPSA) is 0 Å². The molecule has 1 atom stereocenters. The van der Waals surface area contributed by atoms with Crippen LogP contribution >= 0.6 is 0 Å². The van der Waals surface area contributed by atoms with E-state index < -0.39 is 0 Å². The highest BCUT2D eigenvalue weighted by molar-refractivity contribution is 5.06. The van der Waals surface area contributed by atoms with Gasteiger partial charge in [0, 0.05) is 0 Å². The molecule has 0 radical (unpaired) electrons. The summed E-state index contributed by atoms with van der Waals surface area (Å²) in [6.07, 6.45) is 3.43. The first-order valence-corrected chi connectivity index (χ1v) is 4.86. The van der Waals surface area contributed by atoms with Gasteiger partial charge in [0.15, 0.2) is 0 Å². The van der Waals surface area contributed by atoms with Crippen LogP contribution in [-0.2, 0) is 0 Å². The van der Waals surface area contributed by atoms with Crippen molar-refractivity contribution in [3.8, 4) is 0 Å². The van der Waals surface area contributed by atoms with E-state index >= 15 is 0 Å². The standard InChI is InChI=1S/C9H15F.C2H6/c1-9(2,3)7-4-5-8(10)6-7;1-2/h6-7H,4-5H2,1-3H3;1-2H3. The van der Waals surface area contributed by atoms with Crippen molar-refractivity contribution >= 4 is 0 Å². The van der Waals surface area contributed by atoms with E-state index in [1.165, 1.54) is 0 Å². The lowest BCUT2D eigenvalue weighted by Gasteiger charge is -2.24. The molecule has 0 fully saturated rings. The highest BCUT2D eigenvalue weighted by Gasteiger charge is 2.26. The molecule has 0 spiro atoms. The normalized spacial score (nSPS) is 22.8. The van der Waals surface area contributed by atoms with Gasteiger partial charge in [0.1, 0.15) is 0 Å². The molecule has 0 N–H and O–H groups in total. The van der Waals surface area contributed by atoms with Gasteiger partial charge in [0.2, 0.25) is 0 Å². The summed E-state index contributed by atoms with van der Waals surface area (Å²) in [6, 6.07) is 0. The summed E-state index contributed by atoms with van der Waals surface area (Å²) in [7, 11) is 0. The van der Waals surface area contributed by atoms with Crippen LogP contribution in [0.5, 0.6) is 0 Å². The Morgan fingerprint density at radius 3 is 2.00 bits per heavy atom. The molecule has 0 bridgehead atoms. The van der Waals surface area contributed by atoms with Crippen molar-refractivity contribution in [2.24, 2.45) is 11.3 Å². The third-order valence-electron chi connectivity index (χ3n) is 2.19. The smallest absolute Gasteiger partial charge is 0.0963 e. The van der Waals surface area contributed by atoms with E-state index in [-0.39, 0.29) is 11.2 Å². The molecule has 0 aromatic carbocycles. The van der Waals surface area contributed by atoms with Crippen LogP contribution in [0.15, 0.2) is 11.9 Å². The molecule has 1 aliphatic carbocycles. The Balaban J connectivity index is 0.000000561. The minimum Gasteiger partial charge on any atom is -0.212 e. The highest BCUT2D eigenvalue weighted by atomic mass is 19.1. The van der Waals surface area contributed by atoms with Crippen molar-refractivity contribution in [2.45, 2.75) is 47.5 Å². The van der Waals surface area contributed by atoms with Gasteiger partial charge in [-0.15, -0.1) is 0 Å². The number of halogens is 1. The summed E-state index contributed by atoms with van der Waals surface area (Å²) in [6.45, 7) is 10.5. The van der Waals surface area contributed by atoms with Gasteiger partial charge in [-0.1, -0.05) is 34.6 Å². The fourth-order valence-electron chi connectivity index (χ4n) is 1.36. The number of hydrogen-bond donors (Lipinski definition) is 0. The monoisotopic (exact) mass is 172 g/mol. The van der Waals surface area contributed by atoms with Crippen LogP contribution in [0.2, 0.25) is 0 Å². The molecule has 1 heteroatoms. The van der Waals surface area contributed by atoms with Gasteiger partial charge in [-0.25, -0.2) is 4.39 Å². The Morgan fingerprint density at radius 2 is 1.83 bits per heavy atom. The Bertz CT molecular complexity index is 151. The van der Waals surface area contributed by atoms with Crippen molar-refractivity contribution in [3.05, 3.63) is 11.9 Å². The summed E-state index contributed by atoms with van der Waals surface area (Å²) in [5.41, 5.74) is 0.244. The Hall–Kier alpha value is -0.330. The van der Waals surface area contributed by atoms with Gasteiger partial charge >= 0.3 is 0 Å². The second-order valence-electron chi connectivity index (χ2n) is 4.12. The molecule has 0 saturated heterocycles. The van der Waals surface area contributed by atoms with Gasteiger partial charge in [-0.3, -0.25) is 0 Å². The van der Waals surface area contributed by atoms with Crippen LogP contribution in [0.4, 0.5) is 4.39 Å². The molecule has 0 amide bonds. The van der Waals surface area contributed by atoms with Gasteiger partial charge in [0.25, 0.3) is 0 Å². The first-order chi connectivity index (χ1) is 5.50. The predicted molar refractivity (Wildman–Crippen MR) is 52.7 cm³/mol. The van der Waals surface area contributed by atoms with E-state index in [0.717, 1.165) is 6.42 Å². The van der Waals surface area contributed by atoms with E-state index in [4.69, 9.17) is 0 Å². The number of allylic oxidation sites excluding steroid dienone is 2. The highest BCUT2D eigenvalue weighted by Crippen LogP contribution is 2.37. The number of rotatable bonds is 0. The van der Waals surface area contributed by atoms with Gasteiger partial charge in [-0.2, -0.15) is 0 Å². The first kappa shape index (κ1) is 11.7. The van der Waals surface area contributed by atoms with Crippen LogP contribution in [0.25, 0.3) is 0 Å². The van der Waals surface area contributed by atoms with E-state index in [1.807, 2.05) is 13.8 Å². The van der Waals surface area contributed by atoms with Crippen LogP contribution < -0.4 is 0 Å². The molecular formula is C11H21F. The minimum atomic E-state index is 0.0833. The zero-order chi connectivity index (χ0) is 9.78. The molecule has 72 valence electrons. The molecular weight excluding hydrogens is 151 g/mol. The third-order valence-corrected chi connectivity index (χ3v) is 2.19. The van der Waals surface area contributed by atoms with Crippen molar-refractivity contribution in [2.75, 3.05) is 0 Å². The quantitative estimate of drug-likeness (QED) is 0.510. The van der Waals surface area contributed by atoms with E-state index in [1.54, 1.807) is 6.08 Å². The van der Waals surface area contributed by atoms with Crippen molar-refractivity contribution in [1.82, 2.24) is 0 Å². The summed E-state index contributed by atoms with van der Waals surface area (Å²) < 4.78 is 12.6. The number of hydrogen-bond acceptors (Lipinski definition) is 0. The maximum atomic E-state index is 12.6. The molecule has 0 saturated carbocycles. The Labute approximate surface area is 75.9 Å². The maximum absolute atomic E-state index is 12.6. The summed E-state index contributed by atoms with van der Waals surface area (Å²) >= 11 is 0. The van der Waals surface area contributed by atoms with Crippen LogP contribution in [0, 0.1) is 11.3 Å². The third kappa shape index (κ3) is 3.38. The zero-order valence-electron chi connectivity index (χ0n) is 8.95. The fourth-order valence-corrected chi connectivity index (χ4v) is 1.36. The van der Waals surface area contributed by atoms with Crippen LogP contribution in [0.3, 0.4) is 0 Å². The molecule has 1 aliphatic rings. The molecule has 0 aromatic rings. The maximum Gasteiger partial charge on any atom is 0.0963 e. The average molecular weight is 172 g/mol. The average Bonchev–Trinajstić information content (AvgIpc) is 2.39. The van der Waals surface area contributed by atoms with E-state index in [0.29, 0.717) is 12.3 Å². The molecule has 0 heterocycles. The molecule has 12 heavy (non-hydrogen) atoms. The lowest BCUT2D eigenvalue weighted by atomic mass is 9.81. The van der Waals surface area contributed by atoms with Gasteiger partial charge in [-0.05, 0) is 30.3 Å². The lowest BCUT2D eigenvalue weighted by Crippen LogP contribution is -2.15. The van der Waals surface area contributed by atoms with Crippen molar-refractivity contribution < 1.29 is 4.39 Å². The summed E-state index contributed by atoms with van der Waals surface area (Å²) in [5, 5.41) is 0. The second-order valence-corrected chi connectivity index (χ2v) is 4.12. The van der Waals surface area contributed by atoms with E-state index in [2.05, 4.69) is 20.8 Å². The van der Waals surface area contributed by atoms with E-state index in [9.17, 15) is 4.39 Å². The molecule has 0 nitrogen and oxygen atoms in total. The van der Waals surface area contributed by atoms with Gasteiger partial charge in [0.05, 0.1) is 5.83 Å². The van der Waals surface area contributed by atoms with Crippen LogP contribution in [-0.4, -0.2) is 0 Å². The zero-order valence-corrected chi connectivity index (χ0v) is 8.95. The van der Waals surface area contributed by atoms with Crippen molar-refractivity contribution in [1.29, 1.82) is 0 Å². The van der Waals surface area contributed by atoms with Crippen LogP contribution in [0.1, 0.15) is 47.5 Å². The largest absolute Gasteiger partial charge is 0.212 e. The second kappa shape index (κ2) is 4.64. The molecule has 0 aliphatic heterocycles. The molecule has 0 aromatic heterocycles. The SMILES string of the molecule is CC.CC(C)(C)C1C=C(F)CC1. The summed E-state index contributed by atoms with van der Waals surface area (Å²) in [4.78, 5) is 0. The lowest BCUT2D eigenvalue weighted by molar-refractivity contribution is 0.290. The predicted octanol–water partition coefficient (Wildman–Crippen LogP) is 4.32. The summed E-state index contributed by atoms with van der Waals surface area (Å²) in [5.74, 6) is 0.535. The first-order valence-electron chi connectivity index (χ1n) is 4.86.